The van der Waals surface area contributed by atoms with E-state index < -0.39 is 5.92 Å². The molecule has 0 fully saturated rings. The van der Waals surface area contributed by atoms with Crippen LogP contribution < -0.4 is 10.6 Å². The molecule has 4 rings (SSSR count). The Morgan fingerprint density at radius 2 is 2.03 bits per heavy atom. The molecule has 2 aromatic carbocycles. The smallest absolute Gasteiger partial charge is 0.234 e. The van der Waals surface area contributed by atoms with Gasteiger partial charge in [0.15, 0.2) is 5.78 Å². The third-order valence-corrected chi connectivity index (χ3v) is 6.78. The fourth-order valence-corrected chi connectivity index (χ4v) is 5.07. The molecule has 0 aromatic heterocycles. The summed E-state index contributed by atoms with van der Waals surface area (Å²) in [6, 6.07) is 17.1. The fourth-order valence-electron chi connectivity index (χ4n) is 4.08. The number of Topliss-reactive ketones (excluding diaryl/α,β-unsaturated/α-hetero) is 1. The molecule has 0 saturated carbocycles. The van der Waals surface area contributed by atoms with Gasteiger partial charge in [0, 0.05) is 28.4 Å². The Hall–Kier alpha value is -3.01. The zero-order valence-electron chi connectivity index (χ0n) is 17.6. The van der Waals surface area contributed by atoms with E-state index in [1.807, 2.05) is 43.3 Å². The fraction of sp³-hybridized carbons (Fsp3) is 0.240. The average Bonchev–Trinajstić information content (AvgIpc) is 2.77. The summed E-state index contributed by atoms with van der Waals surface area (Å²) in [6.45, 7) is 1.97. The number of hydrogen-bond acceptors (Lipinski definition) is 5. The van der Waals surface area contributed by atoms with Gasteiger partial charge < -0.3 is 10.6 Å². The summed E-state index contributed by atoms with van der Waals surface area (Å²) in [4.78, 5) is 25.4. The van der Waals surface area contributed by atoms with Crippen LogP contribution >= 0.6 is 23.4 Å². The normalized spacial score (nSPS) is 18.0. The van der Waals surface area contributed by atoms with Gasteiger partial charge in [-0.15, -0.1) is 0 Å². The maximum atomic E-state index is 12.8. The van der Waals surface area contributed by atoms with Crippen LogP contribution in [0, 0.1) is 18.3 Å². The summed E-state index contributed by atoms with van der Waals surface area (Å²) in [5, 5.41) is 17.4. The highest BCUT2D eigenvalue weighted by atomic mass is 35.5. The summed E-state index contributed by atoms with van der Waals surface area (Å²) in [5.74, 6) is -0.406. The van der Waals surface area contributed by atoms with E-state index in [0.29, 0.717) is 27.6 Å². The third kappa shape index (κ3) is 4.74. The van der Waals surface area contributed by atoms with Crippen molar-refractivity contribution in [3.63, 3.8) is 0 Å². The number of nitriles is 1. The van der Waals surface area contributed by atoms with E-state index >= 15 is 0 Å². The van der Waals surface area contributed by atoms with Crippen molar-refractivity contribution in [1.29, 1.82) is 5.26 Å². The first-order valence-electron chi connectivity index (χ1n) is 10.4. The Kier molecular flexibility index (Phi) is 6.69. The van der Waals surface area contributed by atoms with Gasteiger partial charge in [0.1, 0.15) is 0 Å². The number of amides is 1. The van der Waals surface area contributed by atoms with Gasteiger partial charge in [0.05, 0.1) is 28.3 Å². The molecule has 5 nitrogen and oxygen atoms in total. The molecule has 1 amide bonds. The van der Waals surface area contributed by atoms with Gasteiger partial charge in [-0.1, -0.05) is 47.6 Å². The van der Waals surface area contributed by atoms with Gasteiger partial charge in [-0.25, -0.2) is 0 Å². The molecular weight excluding hydrogens is 442 g/mol. The topological polar surface area (TPSA) is 82.0 Å². The summed E-state index contributed by atoms with van der Waals surface area (Å²) in [6.07, 6.45) is 1.99. The summed E-state index contributed by atoms with van der Waals surface area (Å²) >= 11 is 7.34. The van der Waals surface area contributed by atoms with Crippen molar-refractivity contribution in [2.75, 3.05) is 11.1 Å². The number of halogens is 1. The Morgan fingerprint density at radius 1 is 1.25 bits per heavy atom. The van der Waals surface area contributed by atoms with Crippen LogP contribution in [0.25, 0.3) is 0 Å². The van der Waals surface area contributed by atoms with E-state index in [4.69, 9.17) is 11.6 Å². The minimum Gasteiger partial charge on any atom is -0.352 e. The van der Waals surface area contributed by atoms with Crippen LogP contribution in [0.4, 0.5) is 5.69 Å². The first-order valence-corrected chi connectivity index (χ1v) is 11.7. The third-order valence-electron chi connectivity index (χ3n) is 5.52. The number of dihydropyridines is 1. The number of hydrogen-bond donors (Lipinski definition) is 2. The number of nitrogens with one attached hydrogen (secondary N) is 2. The molecule has 2 N–H and O–H groups in total. The molecular formula is C25H22ClN3O2S. The van der Waals surface area contributed by atoms with E-state index in [1.54, 1.807) is 12.1 Å². The van der Waals surface area contributed by atoms with Gasteiger partial charge in [0.2, 0.25) is 5.91 Å². The quantitative estimate of drug-likeness (QED) is 0.616. The van der Waals surface area contributed by atoms with Gasteiger partial charge in [-0.05, 0) is 55.2 Å². The van der Waals surface area contributed by atoms with Crippen molar-refractivity contribution in [3.05, 3.63) is 86.6 Å². The molecule has 1 aliphatic carbocycles. The van der Waals surface area contributed by atoms with Crippen molar-refractivity contribution >= 4 is 40.7 Å². The molecule has 32 heavy (non-hydrogen) atoms. The van der Waals surface area contributed by atoms with Gasteiger partial charge in [-0.2, -0.15) is 5.26 Å². The number of allylic oxidation sites excluding steroid dienone is 3. The Balaban J connectivity index is 1.61. The van der Waals surface area contributed by atoms with E-state index in [1.165, 1.54) is 11.8 Å². The molecule has 1 heterocycles. The number of carbonyl (C=O) groups excluding carboxylic acids is 2. The van der Waals surface area contributed by atoms with Gasteiger partial charge >= 0.3 is 0 Å². The number of nitrogens with zero attached hydrogens (tertiary/aromatic N) is 1. The van der Waals surface area contributed by atoms with E-state index in [9.17, 15) is 14.9 Å². The van der Waals surface area contributed by atoms with Crippen LogP contribution in [0.1, 0.15) is 36.3 Å². The Bertz CT molecular complexity index is 1180. The molecule has 0 spiro atoms. The highest BCUT2D eigenvalue weighted by molar-refractivity contribution is 8.03. The Labute approximate surface area is 196 Å². The largest absolute Gasteiger partial charge is 0.352 e. The molecule has 7 heteroatoms. The molecule has 0 saturated heterocycles. The van der Waals surface area contributed by atoms with Crippen LogP contribution in [0.5, 0.6) is 0 Å². The van der Waals surface area contributed by atoms with E-state index in [-0.39, 0.29) is 17.4 Å². The monoisotopic (exact) mass is 463 g/mol. The van der Waals surface area contributed by atoms with Crippen LogP contribution in [0.3, 0.4) is 0 Å². The van der Waals surface area contributed by atoms with Crippen molar-refractivity contribution < 1.29 is 9.59 Å². The summed E-state index contributed by atoms with van der Waals surface area (Å²) in [7, 11) is 0. The van der Waals surface area contributed by atoms with Crippen molar-refractivity contribution in [1.82, 2.24) is 5.32 Å². The van der Waals surface area contributed by atoms with Crippen molar-refractivity contribution in [3.8, 4) is 6.07 Å². The predicted molar refractivity (Wildman–Crippen MR) is 128 cm³/mol. The lowest BCUT2D eigenvalue weighted by Crippen LogP contribution is -2.31. The minimum absolute atomic E-state index is 0.0627. The molecule has 0 unspecified atom stereocenters. The first kappa shape index (κ1) is 22.2. The zero-order chi connectivity index (χ0) is 22.7. The molecule has 1 aliphatic heterocycles. The van der Waals surface area contributed by atoms with Crippen molar-refractivity contribution in [2.24, 2.45) is 0 Å². The summed E-state index contributed by atoms with van der Waals surface area (Å²) in [5.41, 5.74) is 4.60. The molecule has 0 bridgehead atoms. The second-order valence-corrected chi connectivity index (χ2v) is 9.26. The predicted octanol–water partition coefficient (Wildman–Crippen LogP) is 5.45. The lowest BCUT2D eigenvalue weighted by molar-refractivity contribution is -0.116. The molecule has 1 atom stereocenters. The summed E-state index contributed by atoms with van der Waals surface area (Å²) < 4.78 is 0. The Morgan fingerprint density at radius 3 is 2.75 bits per heavy atom. The molecule has 2 aliphatic rings. The lowest BCUT2D eigenvalue weighted by atomic mass is 9.77. The standard InChI is InChI=1S/C25H22ClN3O2S/c1-15-4-2-5-18(12-15)28-22(31)14-32-25-19(13-27)23(16-8-10-17(26)11-9-16)24-20(29-25)6-3-7-21(24)30/h2,4-5,8-12,23,29H,3,6-7,14H2,1H3,(H,28,31)/t23-/m0/s1. The maximum absolute atomic E-state index is 12.8. The van der Waals surface area contributed by atoms with Crippen LogP contribution in [-0.2, 0) is 9.59 Å². The number of anilines is 1. The molecule has 162 valence electrons. The zero-order valence-corrected chi connectivity index (χ0v) is 19.1. The van der Waals surface area contributed by atoms with Gasteiger partial charge in [-0.3, -0.25) is 9.59 Å². The first-order chi connectivity index (χ1) is 15.5. The number of benzene rings is 2. The average molecular weight is 464 g/mol. The van der Waals surface area contributed by atoms with Crippen LogP contribution in [0.2, 0.25) is 5.02 Å². The van der Waals surface area contributed by atoms with Crippen LogP contribution in [0.15, 0.2) is 70.4 Å². The van der Waals surface area contributed by atoms with Crippen LogP contribution in [-0.4, -0.2) is 17.4 Å². The highest BCUT2D eigenvalue weighted by Crippen LogP contribution is 2.44. The molecule has 2 aromatic rings. The number of ketones is 1. The van der Waals surface area contributed by atoms with Crippen molar-refractivity contribution in [2.45, 2.75) is 32.1 Å². The van der Waals surface area contributed by atoms with E-state index in [2.05, 4.69) is 16.7 Å². The number of carbonyl (C=O) groups is 2. The second-order valence-electron chi connectivity index (χ2n) is 7.84. The number of thioether (sulfide) groups is 1. The number of rotatable bonds is 5. The highest BCUT2D eigenvalue weighted by Gasteiger charge is 2.37. The lowest BCUT2D eigenvalue weighted by Gasteiger charge is -2.33. The van der Waals surface area contributed by atoms with E-state index in [0.717, 1.165) is 35.4 Å². The SMILES string of the molecule is Cc1cccc(NC(=O)CSC2=C(C#N)[C@H](c3ccc(Cl)cc3)C3=C(CCCC3=O)N2)c1. The molecule has 0 radical (unpaired) electrons. The van der Waals surface area contributed by atoms with Gasteiger partial charge in [0.25, 0.3) is 0 Å². The minimum atomic E-state index is -0.455. The second kappa shape index (κ2) is 9.64. The maximum Gasteiger partial charge on any atom is 0.234 e. The number of aryl methyl sites for hydroxylation is 1.